The molecular formula is C14H17F2NO3. The highest BCUT2D eigenvalue weighted by Gasteiger charge is 2.22. The normalized spacial score (nSPS) is 10.2. The fourth-order valence-corrected chi connectivity index (χ4v) is 1.73. The lowest BCUT2D eigenvalue weighted by Crippen LogP contribution is -2.37. The van der Waals surface area contributed by atoms with Crippen molar-refractivity contribution < 1.29 is 23.1 Å². The first-order valence-corrected chi connectivity index (χ1v) is 6.22. The van der Waals surface area contributed by atoms with Gasteiger partial charge in [0.1, 0.15) is 18.2 Å². The summed E-state index contributed by atoms with van der Waals surface area (Å²) in [4.78, 5) is 24.7. The third kappa shape index (κ3) is 3.76. The molecule has 1 rings (SSSR count). The maximum atomic E-state index is 13.7. The molecule has 1 aromatic carbocycles. The first-order valence-electron chi connectivity index (χ1n) is 6.22. The van der Waals surface area contributed by atoms with Crippen molar-refractivity contribution >= 4 is 11.9 Å². The monoisotopic (exact) mass is 285 g/mol. The molecule has 0 aliphatic heterocycles. The van der Waals surface area contributed by atoms with E-state index in [0.29, 0.717) is 12.5 Å². The number of carbonyl (C=O) groups excluding carboxylic acids is 2. The number of aryl methyl sites for hydroxylation is 1. The van der Waals surface area contributed by atoms with E-state index in [9.17, 15) is 18.4 Å². The second-order valence-corrected chi connectivity index (χ2v) is 4.38. The Morgan fingerprint density at radius 2 is 1.90 bits per heavy atom. The molecule has 110 valence electrons. The summed E-state index contributed by atoms with van der Waals surface area (Å²) in [5.74, 6) is -2.90. The number of carbonyl (C=O) groups is 2. The predicted molar refractivity (Wildman–Crippen MR) is 69.3 cm³/mol. The fourth-order valence-electron chi connectivity index (χ4n) is 1.73. The van der Waals surface area contributed by atoms with E-state index in [2.05, 4.69) is 4.74 Å². The van der Waals surface area contributed by atoms with Crippen LogP contribution in [-0.2, 0) is 9.53 Å². The minimum atomic E-state index is -0.941. The van der Waals surface area contributed by atoms with Crippen LogP contribution in [0.2, 0.25) is 0 Å². The van der Waals surface area contributed by atoms with Gasteiger partial charge in [0.2, 0.25) is 0 Å². The fraction of sp³-hybridized carbons (Fsp3) is 0.429. The Morgan fingerprint density at radius 1 is 1.25 bits per heavy atom. The number of esters is 1. The van der Waals surface area contributed by atoms with Crippen LogP contribution in [0.1, 0.15) is 29.3 Å². The van der Waals surface area contributed by atoms with Crippen LogP contribution < -0.4 is 0 Å². The summed E-state index contributed by atoms with van der Waals surface area (Å²) in [5, 5.41) is 0. The van der Waals surface area contributed by atoms with E-state index in [1.165, 1.54) is 18.9 Å². The number of methoxy groups -OCH3 is 1. The van der Waals surface area contributed by atoms with Crippen molar-refractivity contribution in [1.29, 1.82) is 0 Å². The highest BCUT2D eigenvalue weighted by atomic mass is 19.1. The van der Waals surface area contributed by atoms with Crippen molar-refractivity contribution in [3.05, 3.63) is 34.9 Å². The van der Waals surface area contributed by atoms with Gasteiger partial charge in [0, 0.05) is 12.6 Å². The largest absolute Gasteiger partial charge is 0.468 e. The molecule has 0 saturated heterocycles. The zero-order valence-electron chi connectivity index (χ0n) is 11.7. The topological polar surface area (TPSA) is 46.6 Å². The van der Waals surface area contributed by atoms with Gasteiger partial charge in [-0.1, -0.05) is 6.92 Å². The quantitative estimate of drug-likeness (QED) is 0.780. The summed E-state index contributed by atoms with van der Waals surface area (Å²) in [6, 6.07) is 1.82. The Bertz CT molecular complexity index is 517. The summed E-state index contributed by atoms with van der Waals surface area (Å²) in [7, 11) is 1.21. The Balaban J connectivity index is 3.05. The molecule has 6 heteroatoms. The molecule has 0 aliphatic carbocycles. The number of benzene rings is 1. The van der Waals surface area contributed by atoms with E-state index in [4.69, 9.17) is 0 Å². The summed E-state index contributed by atoms with van der Waals surface area (Å²) in [6.45, 7) is 3.28. The van der Waals surface area contributed by atoms with Crippen molar-refractivity contribution in [2.45, 2.75) is 20.3 Å². The molecular weight excluding hydrogens is 268 g/mol. The van der Waals surface area contributed by atoms with E-state index in [1.54, 1.807) is 0 Å². The van der Waals surface area contributed by atoms with Gasteiger partial charge in [0.15, 0.2) is 0 Å². The third-order valence-corrected chi connectivity index (χ3v) is 2.81. The summed E-state index contributed by atoms with van der Waals surface area (Å²) < 4.78 is 31.4. The molecule has 0 aromatic heterocycles. The lowest BCUT2D eigenvalue weighted by atomic mass is 10.1. The van der Waals surface area contributed by atoms with Gasteiger partial charge < -0.3 is 9.64 Å². The Morgan fingerprint density at radius 3 is 2.45 bits per heavy atom. The van der Waals surface area contributed by atoms with E-state index in [-0.39, 0.29) is 24.2 Å². The van der Waals surface area contributed by atoms with E-state index in [1.807, 2.05) is 6.92 Å². The minimum Gasteiger partial charge on any atom is -0.468 e. The highest BCUT2D eigenvalue weighted by molar-refractivity contribution is 5.96. The number of hydrogen-bond acceptors (Lipinski definition) is 3. The molecule has 20 heavy (non-hydrogen) atoms. The zero-order chi connectivity index (χ0) is 15.3. The van der Waals surface area contributed by atoms with Crippen molar-refractivity contribution in [3.63, 3.8) is 0 Å². The second-order valence-electron chi connectivity index (χ2n) is 4.38. The summed E-state index contributed by atoms with van der Waals surface area (Å²) in [6.07, 6.45) is 0.602. The van der Waals surface area contributed by atoms with Crippen LogP contribution >= 0.6 is 0 Å². The molecule has 0 atom stereocenters. The Labute approximate surface area is 116 Å². The first-order chi connectivity index (χ1) is 9.40. The maximum absolute atomic E-state index is 13.7. The molecule has 0 N–H and O–H groups in total. The average Bonchev–Trinajstić information content (AvgIpc) is 2.41. The van der Waals surface area contributed by atoms with E-state index in [0.717, 1.165) is 6.07 Å². The van der Waals surface area contributed by atoms with Crippen LogP contribution in [0, 0.1) is 18.6 Å². The molecule has 1 amide bonds. The highest BCUT2D eigenvalue weighted by Crippen LogP contribution is 2.16. The number of hydrogen-bond donors (Lipinski definition) is 0. The SMILES string of the molecule is CCCN(CC(=O)OC)C(=O)c1cc(C)c(F)cc1F. The third-order valence-electron chi connectivity index (χ3n) is 2.81. The van der Waals surface area contributed by atoms with Crippen molar-refractivity contribution in [1.82, 2.24) is 4.90 Å². The van der Waals surface area contributed by atoms with Gasteiger partial charge >= 0.3 is 5.97 Å². The number of nitrogens with zero attached hydrogens (tertiary/aromatic N) is 1. The molecule has 0 aliphatic rings. The van der Waals surface area contributed by atoms with E-state index < -0.39 is 23.5 Å². The van der Waals surface area contributed by atoms with Crippen molar-refractivity contribution in [3.8, 4) is 0 Å². The molecule has 0 radical (unpaired) electrons. The van der Waals surface area contributed by atoms with Crippen LogP contribution in [0.25, 0.3) is 0 Å². The van der Waals surface area contributed by atoms with Gasteiger partial charge in [0.25, 0.3) is 5.91 Å². The molecule has 1 aromatic rings. The van der Waals surface area contributed by atoms with Gasteiger partial charge in [-0.05, 0) is 25.0 Å². The van der Waals surface area contributed by atoms with Crippen LogP contribution in [0.5, 0.6) is 0 Å². The number of ether oxygens (including phenoxy) is 1. The van der Waals surface area contributed by atoms with Gasteiger partial charge in [-0.25, -0.2) is 8.78 Å². The average molecular weight is 285 g/mol. The second kappa shape index (κ2) is 6.98. The van der Waals surface area contributed by atoms with Crippen LogP contribution in [0.4, 0.5) is 8.78 Å². The van der Waals surface area contributed by atoms with Crippen LogP contribution in [0.15, 0.2) is 12.1 Å². The molecule has 0 saturated carbocycles. The lowest BCUT2D eigenvalue weighted by Gasteiger charge is -2.21. The summed E-state index contributed by atoms with van der Waals surface area (Å²) >= 11 is 0. The van der Waals surface area contributed by atoms with Gasteiger partial charge in [-0.15, -0.1) is 0 Å². The summed E-state index contributed by atoms with van der Waals surface area (Å²) in [5.41, 5.74) is -0.0782. The van der Waals surface area contributed by atoms with Gasteiger partial charge in [-0.3, -0.25) is 9.59 Å². The molecule has 0 spiro atoms. The standard InChI is InChI=1S/C14H17F2NO3/c1-4-5-17(8-13(18)20-3)14(19)10-6-9(2)11(15)7-12(10)16/h6-7H,4-5,8H2,1-3H3. The Hall–Kier alpha value is -1.98. The molecule has 0 heterocycles. The van der Waals surface area contributed by atoms with Gasteiger partial charge in [0.05, 0.1) is 12.7 Å². The maximum Gasteiger partial charge on any atom is 0.325 e. The molecule has 4 nitrogen and oxygen atoms in total. The van der Waals surface area contributed by atoms with Crippen LogP contribution in [0.3, 0.4) is 0 Å². The number of halogens is 2. The molecule has 0 fully saturated rings. The molecule has 0 unspecified atom stereocenters. The number of amides is 1. The van der Waals surface area contributed by atoms with Crippen LogP contribution in [-0.4, -0.2) is 37.0 Å². The number of rotatable bonds is 5. The smallest absolute Gasteiger partial charge is 0.325 e. The predicted octanol–water partition coefficient (Wildman–Crippen LogP) is 2.30. The lowest BCUT2D eigenvalue weighted by molar-refractivity contribution is -0.141. The van der Waals surface area contributed by atoms with Crippen molar-refractivity contribution in [2.75, 3.05) is 20.2 Å². The Kier molecular flexibility index (Phi) is 5.61. The molecule has 0 bridgehead atoms. The first kappa shape index (κ1) is 16.1. The van der Waals surface area contributed by atoms with E-state index >= 15 is 0 Å². The zero-order valence-corrected chi connectivity index (χ0v) is 11.7. The minimum absolute atomic E-state index is 0.171. The van der Waals surface area contributed by atoms with Crippen molar-refractivity contribution in [2.24, 2.45) is 0 Å². The van der Waals surface area contributed by atoms with Gasteiger partial charge in [-0.2, -0.15) is 0 Å².